The third-order valence-electron chi connectivity index (χ3n) is 3.74. The van der Waals surface area contributed by atoms with Crippen molar-refractivity contribution in [1.29, 1.82) is 0 Å². The van der Waals surface area contributed by atoms with Crippen LogP contribution in [0.5, 0.6) is 0 Å². The second kappa shape index (κ2) is 7.86. The lowest BCUT2D eigenvalue weighted by atomic mass is 10.00. The van der Waals surface area contributed by atoms with E-state index in [0.717, 1.165) is 0 Å². The number of carbonyl (C=O) groups is 2. The summed E-state index contributed by atoms with van der Waals surface area (Å²) in [7, 11) is 0. The fraction of sp³-hybridized carbons (Fsp3) is 0.0588. The van der Waals surface area contributed by atoms with Crippen molar-refractivity contribution in [2.45, 2.75) is 6.42 Å². The van der Waals surface area contributed by atoms with Crippen molar-refractivity contribution in [2.75, 3.05) is 0 Å². The Morgan fingerprint density at radius 1 is 0.926 bits per heavy atom. The van der Waals surface area contributed by atoms with Crippen molar-refractivity contribution in [3.63, 3.8) is 0 Å². The van der Waals surface area contributed by atoms with E-state index in [1.165, 1.54) is 18.2 Å². The van der Waals surface area contributed by atoms with Crippen LogP contribution in [0.4, 0.5) is 0 Å². The number of hydrogen-bond acceptors (Lipinski definition) is 4. The van der Waals surface area contributed by atoms with Crippen LogP contribution in [0.2, 0.25) is 20.1 Å². The van der Waals surface area contributed by atoms with Crippen LogP contribution in [-0.2, 0) is 6.42 Å². The van der Waals surface area contributed by atoms with Crippen LogP contribution in [-0.4, -0.2) is 27.1 Å². The van der Waals surface area contributed by atoms with Gasteiger partial charge in [-0.2, -0.15) is 15.4 Å². The smallest absolute Gasteiger partial charge is 0.271 e. The number of benzene rings is 2. The summed E-state index contributed by atoms with van der Waals surface area (Å²) >= 11 is 24.4. The van der Waals surface area contributed by atoms with Gasteiger partial charge in [-0.15, -0.1) is 0 Å². The van der Waals surface area contributed by atoms with Crippen molar-refractivity contribution < 1.29 is 9.59 Å². The fourth-order valence-electron chi connectivity index (χ4n) is 2.49. The summed E-state index contributed by atoms with van der Waals surface area (Å²) in [5.41, 5.74) is 6.68. The Bertz CT molecular complexity index is 1040. The molecule has 3 N–H and O–H groups in total. The van der Waals surface area contributed by atoms with E-state index in [1.807, 2.05) is 0 Å². The third kappa shape index (κ3) is 4.09. The highest BCUT2D eigenvalue weighted by Gasteiger charge is 2.20. The molecule has 138 valence electrons. The molecule has 6 nitrogen and oxygen atoms in total. The van der Waals surface area contributed by atoms with Crippen LogP contribution < -0.4 is 5.73 Å². The van der Waals surface area contributed by atoms with Crippen molar-refractivity contribution in [3.05, 3.63) is 78.5 Å². The Morgan fingerprint density at radius 3 is 2.19 bits per heavy atom. The molecule has 0 aliphatic rings. The minimum absolute atomic E-state index is 0.0261. The number of amides is 1. The van der Waals surface area contributed by atoms with Gasteiger partial charge in [0.05, 0.1) is 31.3 Å². The van der Waals surface area contributed by atoms with E-state index >= 15 is 0 Å². The van der Waals surface area contributed by atoms with E-state index < -0.39 is 11.7 Å². The Kier molecular flexibility index (Phi) is 5.72. The zero-order valence-corrected chi connectivity index (χ0v) is 16.4. The second-order valence-electron chi connectivity index (χ2n) is 5.55. The van der Waals surface area contributed by atoms with Crippen LogP contribution in [0.3, 0.4) is 0 Å². The number of aromatic amines is 1. The summed E-state index contributed by atoms with van der Waals surface area (Å²) in [5.74, 6) is -1.10. The highest BCUT2D eigenvalue weighted by molar-refractivity contribution is 6.43. The van der Waals surface area contributed by atoms with Gasteiger partial charge in [0, 0.05) is 12.0 Å². The molecule has 0 aliphatic heterocycles. The molecule has 1 aromatic heterocycles. The summed E-state index contributed by atoms with van der Waals surface area (Å²) in [6.45, 7) is 0. The van der Waals surface area contributed by atoms with Crippen LogP contribution in [0.25, 0.3) is 0 Å². The van der Waals surface area contributed by atoms with Gasteiger partial charge >= 0.3 is 0 Å². The summed E-state index contributed by atoms with van der Waals surface area (Å²) in [4.78, 5) is 24.1. The molecule has 1 heterocycles. The van der Waals surface area contributed by atoms with Gasteiger partial charge in [-0.3, -0.25) is 9.59 Å². The first-order chi connectivity index (χ1) is 12.8. The molecule has 2 aromatic carbocycles. The maximum Gasteiger partial charge on any atom is 0.271 e. The average Bonchev–Trinajstić information content (AvgIpc) is 3.05. The third-order valence-corrected chi connectivity index (χ3v) is 5.07. The summed E-state index contributed by atoms with van der Waals surface area (Å²) in [6.07, 6.45) is 0.204. The standard InChI is InChI=1S/C17H10Cl4N4O2/c18-9-2-1-8(6-10(9)19)16(26)14-11(20)3-7(4-12(14)21)5-13-15(17(22)27)24-25-23-13/h1-4,6H,5H2,(H2,22,27)(H,23,24,25). The largest absolute Gasteiger partial charge is 0.364 e. The zero-order chi connectivity index (χ0) is 19.7. The number of nitrogens with zero attached hydrogens (tertiary/aromatic N) is 2. The Balaban J connectivity index is 1.95. The van der Waals surface area contributed by atoms with Gasteiger partial charge in [0.25, 0.3) is 5.91 Å². The first-order valence-corrected chi connectivity index (χ1v) is 8.96. The molecule has 0 saturated heterocycles. The van der Waals surface area contributed by atoms with E-state index in [-0.39, 0.29) is 32.7 Å². The first-order valence-electron chi connectivity index (χ1n) is 7.45. The second-order valence-corrected chi connectivity index (χ2v) is 7.18. The van der Waals surface area contributed by atoms with Crippen molar-refractivity contribution >= 4 is 58.1 Å². The Hall–Kier alpha value is -2.12. The average molecular weight is 444 g/mol. The SMILES string of the molecule is NC(=O)c1n[nH]nc1Cc1cc(Cl)c(C(=O)c2ccc(Cl)c(Cl)c2)c(Cl)c1. The van der Waals surface area contributed by atoms with Gasteiger partial charge in [0.2, 0.25) is 0 Å². The van der Waals surface area contributed by atoms with Crippen molar-refractivity contribution in [2.24, 2.45) is 5.73 Å². The molecular weight excluding hydrogens is 434 g/mol. The number of ketones is 1. The molecule has 0 bridgehead atoms. The topological polar surface area (TPSA) is 102 Å². The van der Waals surface area contributed by atoms with Crippen LogP contribution >= 0.6 is 46.4 Å². The van der Waals surface area contributed by atoms with Gasteiger partial charge in [0.1, 0.15) is 0 Å². The number of halogens is 4. The van der Waals surface area contributed by atoms with Crippen LogP contribution in [0.15, 0.2) is 30.3 Å². The molecule has 1 amide bonds. The highest BCUT2D eigenvalue weighted by atomic mass is 35.5. The van der Waals surface area contributed by atoms with E-state index in [2.05, 4.69) is 15.4 Å². The van der Waals surface area contributed by atoms with Gasteiger partial charge < -0.3 is 5.73 Å². The van der Waals surface area contributed by atoms with E-state index in [9.17, 15) is 9.59 Å². The lowest BCUT2D eigenvalue weighted by Gasteiger charge is -2.10. The number of aromatic nitrogens is 3. The number of carbonyl (C=O) groups excluding carboxylic acids is 2. The molecule has 0 fully saturated rings. The first kappa shape index (κ1) is 19.6. The molecule has 0 aliphatic carbocycles. The minimum Gasteiger partial charge on any atom is -0.364 e. The summed E-state index contributed by atoms with van der Waals surface area (Å²) in [5, 5.41) is 10.8. The Morgan fingerprint density at radius 2 is 1.59 bits per heavy atom. The number of nitrogens with two attached hydrogens (primary N) is 1. The van der Waals surface area contributed by atoms with Crippen LogP contribution in [0.1, 0.15) is 37.7 Å². The molecule has 27 heavy (non-hydrogen) atoms. The molecule has 0 spiro atoms. The zero-order valence-electron chi connectivity index (χ0n) is 13.4. The molecule has 0 radical (unpaired) electrons. The van der Waals surface area contributed by atoms with Crippen molar-refractivity contribution in [3.8, 4) is 0 Å². The molecular formula is C17H10Cl4N4O2. The van der Waals surface area contributed by atoms with E-state index in [0.29, 0.717) is 21.8 Å². The lowest BCUT2D eigenvalue weighted by molar-refractivity contribution is 0.0993. The maximum atomic E-state index is 12.8. The molecule has 3 aromatic rings. The monoisotopic (exact) mass is 442 g/mol. The lowest BCUT2D eigenvalue weighted by Crippen LogP contribution is -2.14. The van der Waals surface area contributed by atoms with E-state index in [4.69, 9.17) is 52.1 Å². The molecule has 0 atom stereocenters. The van der Waals surface area contributed by atoms with Gasteiger partial charge in [-0.25, -0.2) is 0 Å². The molecule has 10 heteroatoms. The molecule has 3 rings (SSSR count). The van der Waals surface area contributed by atoms with Gasteiger partial charge in [-0.1, -0.05) is 46.4 Å². The number of rotatable bonds is 5. The quantitative estimate of drug-likeness (QED) is 0.572. The number of hydrogen-bond donors (Lipinski definition) is 2. The predicted octanol–water partition coefficient (Wildman–Crippen LogP) is 4.34. The van der Waals surface area contributed by atoms with Crippen LogP contribution in [0, 0.1) is 0 Å². The summed E-state index contributed by atoms with van der Waals surface area (Å²) < 4.78 is 0. The number of nitrogens with one attached hydrogen (secondary N) is 1. The van der Waals surface area contributed by atoms with Crippen molar-refractivity contribution in [1.82, 2.24) is 15.4 Å². The minimum atomic E-state index is -0.706. The van der Waals surface area contributed by atoms with Gasteiger partial charge in [-0.05, 0) is 35.9 Å². The van der Waals surface area contributed by atoms with Gasteiger partial charge in [0.15, 0.2) is 11.5 Å². The number of primary amides is 1. The molecule has 0 unspecified atom stereocenters. The molecule has 0 saturated carbocycles. The normalized spacial score (nSPS) is 10.8. The maximum absolute atomic E-state index is 12.8. The Labute approximate surface area is 173 Å². The fourth-order valence-corrected chi connectivity index (χ4v) is 3.50. The predicted molar refractivity (Wildman–Crippen MR) is 104 cm³/mol. The summed E-state index contributed by atoms with van der Waals surface area (Å²) in [6, 6.07) is 7.63. The number of H-pyrrole nitrogens is 1. The van der Waals surface area contributed by atoms with E-state index in [1.54, 1.807) is 12.1 Å². The highest BCUT2D eigenvalue weighted by Crippen LogP contribution is 2.31.